The van der Waals surface area contributed by atoms with Crippen LogP contribution in [0.2, 0.25) is 0 Å². The van der Waals surface area contributed by atoms with Crippen molar-refractivity contribution in [2.45, 2.75) is 57.4 Å². The molecule has 0 amide bonds. The lowest BCUT2D eigenvalue weighted by Crippen LogP contribution is -2.49. The van der Waals surface area contributed by atoms with Gasteiger partial charge in [-0.25, -0.2) is 0 Å². The topological polar surface area (TPSA) is 34.9 Å². The first-order chi connectivity index (χ1) is 9.22. The Morgan fingerprint density at radius 1 is 1.26 bits per heavy atom. The fraction of sp³-hybridized carbons (Fsp3) is 0.750. The molecule has 0 aliphatic heterocycles. The van der Waals surface area contributed by atoms with Gasteiger partial charge >= 0.3 is 0 Å². The fourth-order valence-corrected chi connectivity index (χ4v) is 5.50. The van der Waals surface area contributed by atoms with E-state index < -0.39 is 0 Å². The van der Waals surface area contributed by atoms with Gasteiger partial charge < -0.3 is 0 Å². The molecule has 0 atom stereocenters. The van der Waals surface area contributed by atoms with Gasteiger partial charge in [-0.15, -0.1) is 0 Å². The van der Waals surface area contributed by atoms with Crippen LogP contribution in [-0.2, 0) is 12.0 Å². The van der Waals surface area contributed by atoms with E-state index in [9.17, 15) is 4.79 Å². The number of nitrogens with zero attached hydrogens (tertiary/aromatic N) is 2. The molecule has 4 saturated carbocycles. The van der Waals surface area contributed by atoms with Crippen LogP contribution in [0.1, 0.15) is 61.5 Å². The highest BCUT2D eigenvalue weighted by Gasteiger charge is 2.53. The standard InChI is InChI=1S/C16H22N2O/c1-2-18-9-14(10-19)15(17-18)16-6-11-3-12(7-16)5-13(4-11)8-16/h9-13H,2-8H2,1H3. The minimum atomic E-state index is 0.241. The van der Waals surface area contributed by atoms with Crippen LogP contribution < -0.4 is 0 Å². The zero-order valence-electron chi connectivity index (χ0n) is 11.6. The average Bonchev–Trinajstić information content (AvgIpc) is 2.81. The van der Waals surface area contributed by atoms with E-state index in [2.05, 4.69) is 6.92 Å². The van der Waals surface area contributed by atoms with E-state index in [0.29, 0.717) is 0 Å². The number of carbonyl (C=O) groups is 1. The zero-order valence-corrected chi connectivity index (χ0v) is 11.6. The molecule has 0 saturated heterocycles. The van der Waals surface area contributed by atoms with Gasteiger partial charge in [-0.2, -0.15) is 5.10 Å². The van der Waals surface area contributed by atoms with Gasteiger partial charge in [0.25, 0.3) is 0 Å². The molecule has 0 aromatic carbocycles. The molecule has 19 heavy (non-hydrogen) atoms. The van der Waals surface area contributed by atoms with Crippen molar-refractivity contribution < 1.29 is 4.79 Å². The van der Waals surface area contributed by atoms with Crippen molar-refractivity contribution in [1.29, 1.82) is 0 Å². The number of hydrogen-bond acceptors (Lipinski definition) is 2. The molecular formula is C16H22N2O. The number of rotatable bonds is 3. The normalized spacial score (nSPS) is 39.7. The van der Waals surface area contributed by atoms with Crippen molar-refractivity contribution in [2.75, 3.05) is 0 Å². The molecule has 4 bridgehead atoms. The lowest BCUT2D eigenvalue weighted by molar-refractivity contribution is -0.00769. The maximum atomic E-state index is 11.4. The van der Waals surface area contributed by atoms with Gasteiger partial charge in [0.1, 0.15) is 0 Å². The SMILES string of the molecule is CCn1cc(C=O)c(C23CC4CC(CC(C4)C2)C3)n1. The third-order valence-corrected chi connectivity index (χ3v) is 5.78. The van der Waals surface area contributed by atoms with Crippen molar-refractivity contribution in [3.8, 4) is 0 Å². The summed E-state index contributed by atoms with van der Waals surface area (Å²) < 4.78 is 1.94. The minimum absolute atomic E-state index is 0.241. The summed E-state index contributed by atoms with van der Waals surface area (Å²) in [5.74, 6) is 2.70. The molecule has 102 valence electrons. The molecule has 4 aliphatic carbocycles. The van der Waals surface area contributed by atoms with Gasteiger partial charge in [-0.05, 0) is 63.2 Å². The Bertz CT molecular complexity index is 482. The molecule has 0 radical (unpaired) electrons. The Balaban J connectivity index is 1.78. The first-order valence-corrected chi connectivity index (χ1v) is 7.75. The number of aldehydes is 1. The molecular weight excluding hydrogens is 236 g/mol. The highest BCUT2D eigenvalue weighted by Crippen LogP contribution is 2.60. The van der Waals surface area contributed by atoms with Crippen LogP contribution in [0.3, 0.4) is 0 Å². The van der Waals surface area contributed by atoms with Gasteiger partial charge in [0.2, 0.25) is 0 Å². The van der Waals surface area contributed by atoms with E-state index in [1.165, 1.54) is 38.5 Å². The van der Waals surface area contributed by atoms with Crippen molar-refractivity contribution >= 4 is 6.29 Å². The highest BCUT2D eigenvalue weighted by molar-refractivity contribution is 5.76. The van der Waals surface area contributed by atoms with E-state index in [4.69, 9.17) is 5.10 Å². The summed E-state index contributed by atoms with van der Waals surface area (Å²) in [6, 6.07) is 0. The molecule has 0 spiro atoms. The van der Waals surface area contributed by atoms with Gasteiger partial charge in [0, 0.05) is 18.2 Å². The summed E-state index contributed by atoms with van der Waals surface area (Å²) in [7, 11) is 0. The Morgan fingerprint density at radius 2 is 1.84 bits per heavy atom. The van der Waals surface area contributed by atoms with E-state index in [1.807, 2.05) is 10.9 Å². The van der Waals surface area contributed by atoms with Gasteiger partial charge in [0.15, 0.2) is 6.29 Å². The summed E-state index contributed by atoms with van der Waals surface area (Å²) in [4.78, 5) is 11.4. The fourth-order valence-electron chi connectivity index (χ4n) is 5.50. The third kappa shape index (κ3) is 1.63. The van der Waals surface area contributed by atoms with E-state index >= 15 is 0 Å². The highest BCUT2D eigenvalue weighted by atomic mass is 16.1. The number of aryl methyl sites for hydroxylation is 1. The monoisotopic (exact) mass is 258 g/mol. The number of hydrogen-bond donors (Lipinski definition) is 0. The van der Waals surface area contributed by atoms with Crippen LogP contribution in [0.15, 0.2) is 6.20 Å². The van der Waals surface area contributed by atoms with E-state index in [0.717, 1.165) is 41.8 Å². The predicted octanol–water partition coefficient (Wildman–Crippen LogP) is 3.18. The van der Waals surface area contributed by atoms with Crippen LogP contribution in [0, 0.1) is 17.8 Å². The second-order valence-corrected chi connectivity index (χ2v) is 7.10. The quantitative estimate of drug-likeness (QED) is 0.780. The summed E-state index contributed by atoms with van der Waals surface area (Å²) in [5, 5.41) is 4.77. The molecule has 1 aromatic rings. The van der Waals surface area contributed by atoms with Crippen molar-refractivity contribution in [3.05, 3.63) is 17.5 Å². The lowest BCUT2D eigenvalue weighted by Gasteiger charge is -2.56. The van der Waals surface area contributed by atoms with Crippen molar-refractivity contribution in [2.24, 2.45) is 17.8 Å². The van der Waals surface area contributed by atoms with Gasteiger partial charge in [0.05, 0.1) is 11.3 Å². The molecule has 1 aromatic heterocycles. The number of aromatic nitrogens is 2. The van der Waals surface area contributed by atoms with Crippen LogP contribution in [0.4, 0.5) is 0 Å². The Morgan fingerprint density at radius 3 is 2.32 bits per heavy atom. The van der Waals surface area contributed by atoms with Gasteiger partial charge in [-0.3, -0.25) is 9.48 Å². The van der Waals surface area contributed by atoms with E-state index in [-0.39, 0.29) is 5.41 Å². The molecule has 4 aliphatic rings. The zero-order chi connectivity index (χ0) is 13.0. The van der Waals surface area contributed by atoms with Crippen LogP contribution >= 0.6 is 0 Å². The summed E-state index contributed by atoms with van der Waals surface area (Å²) in [6.07, 6.45) is 11.1. The van der Waals surface area contributed by atoms with Crippen molar-refractivity contribution in [3.63, 3.8) is 0 Å². The Kier molecular flexibility index (Phi) is 2.42. The number of carbonyl (C=O) groups excluding carboxylic acids is 1. The second kappa shape index (κ2) is 3.94. The average molecular weight is 258 g/mol. The van der Waals surface area contributed by atoms with Crippen LogP contribution in [0.5, 0.6) is 0 Å². The lowest BCUT2D eigenvalue weighted by atomic mass is 9.48. The first-order valence-electron chi connectivity index (χ1n) is 7.75. The summed E-state index contributed by atoms with van der Waals surface area (Å²) in [5.41, 5.74) is 2.22. The maximum absolute atomic E-state index is 11.4. The Hall–Kier alpha value is -1.12. The molecule has 0 unspecified atom stereocenters. The molecule has 1 heterocycles. The summed E-state index contributed by atoms with van der Waals surface area (Å²) >= 11 is 0. The van der Waals surface area contributed by atoms with Crippen LogP contribution in [-0.4, -0.2) is 16.1 Å². The minimum Gasteiger partial charge on any atom is -0.298 e. The first kappa shape index (κ1) is 11.7. The molecule has 3 nitrogen and oxygen atoms in total. The second-order valence-electron chi connectivity index (χ2n) is 7.10. The van der Waals surface area contributed by atoms with E-state index in [1.54, 1.807) is 0 Å². The molecule has 4 fully saturated rings. The predicted molar refractivity (Wildman–Crippen MR) is 73.1 cm³/mol. The smallest absolute Gasteiger partial charge is 0.153 e. The van der Waals surface area contributed by atoms with Crippen molar-refractivity contribution in [1.82, 2.24) is 9.78 Å². The Labute approximate surface area is 114 Å². The van der Waals surface area contributed by atoms with Crippen LogP contribution in [0.25, 0.3) is 0 Å². The summed E-state index contributed by atoms with van der Waals surface area (Å²) in [6.45, 7) is 2.94. The van der Waals surface area contributed by atoms with Gasteiger partial charge in [-0.1, -0.05) is 0 Å². The molecule has 0 N–H and O–H groups in total. The molecule has 5 rings (SSSR count). The maximum Gasteiger partial charge on any atom is 0.153 e. The third-order valence-electron chi connectivity index (χ3n) is 5.78. The largest absolute Gasteiger partial charge is 0.298 e. The molecule has 3 heteroatoms.